The Morgan fingerprint density at radius 3 is 2.67 bits per heavy atom. The molecule has 1 aliphatic heterocycles. The van der Waals surface area contributed by atoms with Gasteiger partial charge in [0.15, 0.2) is 0 Å². The summed E-state index contributed by atoms with van der Waals surface area (Å²) in [5.74, 6) is 1.02. The van der Waals surface area contributed by atoms with Gasteiger partial charge in [0.05, 0.1) is 0 Å². The Bertz CT molecular complexity index is 1050. The first-order valence-corrected chi connectivity index (χ1v) is 12.0. The quantitative estimate of drug-likeness (QED) is 0.496. The van der Waals surface area contributed by atoms with E-state index in [0.29, 0.717) is 29.8 Å². The number of aromatic nitrogens is 3. The van der Waals surface area contributed by atoms with E-state index < -0.39 is 0 Å². The zero-order chi connectivity index (χ0) is 23.2. The topological polar surface area (TPSA) is 91.0 Å². The van der Waals surface area contributed by atoms with Crippen LogP contribution < -0.4 is 5.32 Å². The molecule has 2 N–H and O–H groups in total. The standard InChI is InChI=1S/C26H33N5O2/c1-18(2)20-6-7-23(29-17-20)26(33)31-13-9-19(10-14-31)5-3-4-11-28-25(32)24-15-21-16-27-12-8-22(21)30-24/h6-8,12,15-19,30H,3-5,9-11,13-14H2,1-2H3,(H,28,32). The van der Waals surface area contributed by atoms with Gasteiger partial charge in [0.1, 0.15) is 11.4 Å². The Hall–Kier alpha value is -3.22. The maximum absolute atomic E-state index is 12.7. The number of carbonyl (C=O) groups excluding carboxylic acids is 2. The van der Waals surface area contributed by atoms with Gasteiger partial charge in [0.2, 0.25) is 0 Å². The van der Waals surface area contributed by atoms with Crippen LogP contribution in [0, 0.1) is 5.92 Å². The molecule has 0 bridgehead atoms. The number of nitrogens with one attached hydrogen (secondary N) is 2. The number of unbranched alkanes of at least 4 members (excludes halogenated alkanes) is 1. The number of hydrogen-bond donors (Lipinski definition) is 2. The normalized spacial score (nSPS) is 14.7. The van der Waals surface area contributed by atoms with Gasteiger partial charge in [-0.1, -0.05) is 32.8 Å². The predicted molar refractivity (Wildman–Crippen MR) is 129 cm³/mol. The third kappa shape index (κ3) is 5.78. The molecule has 0 spiro atoms. The lowest BCUT2D eigenvalue weighted by atomic mass is 9.91. The number of H-pyrrole nitrogens is 1. The van der Waals surface area contributed by atoms with Crippen molar-refractivity contribution >= 4 is 22.7 Å². The number of fused-ring (bicyclic) bond motifs is 1. The van der Waals surface area contributed by atoms with Crippen LogP contribution in [-0.2, 0) is 0 Å². The fourth-order valence-corrected chi connectivity index (χ4v) is 4.41. The molecule has 33 heavy (non-hydrogen) atoms. The molecule has 1 aliphatic rings. The Kier molecular flexibility index (Phi) is 7.37. The number of rotatable bonds is 8. The molecule has 0 atom stereocenters. The third-order valence-corrected chi connectivity index (χ3v) is 6.56. The van der Waals surface area contributed by atoms with E-state index >= 15 is 0 Å². The van der Waals surface area contributed by atoms with Crippen LogP contribution in [0.15, 0.2) is 42.9 Å². The SMILES string of the molecule is CC(C)c1ccc(C(=O)N2CCC(CCCCNC(=O)c3cc4cnccc4[nH]3)CC2)nc1. The van der Waals surface area contributed by atoms with Crippen LogP contribution in [0.3, 0.4) is 0 Å². The molecular weight excluding hydrogens is 414 g/mol. The zero-order valence-electron chi connectivity index (χ0n) is 19.5. The van der Waals surface area contributed by atoms with E-state index in [-0.39, 0.29) is 11.8 Å². The summed E-state index contributed by atoms with van der Waals surface area (Å²) in [6.45, 7) is 6.51. The lowest BCUT2D eigenvalue weighted by molar-refractivity contribution is 0.0680. The van der Waals surface area contributed by atoms with Crippen molar-refractivity contribution in [3.63, 3.8) is 0 Å². The van der Waals surface area contributed by atoms with Gasteiger partial charge in [-0.15, -0.1) is 0 Å². The minimum atomic E-state index is -0.0759. The highest BCUT2D eigenvalue weighted by atomic mass is 16.2. The number of carbonyl (C=O) groups is 2. The molecule has 0 radical (unpaired) electrons. The average Bonchev–Trinajstić information content (AvgIpc) is 3.28. The van der Waals surface area contributed by atoms with E-state index in [1.54, 1.807) is 12.4 Å². The number of aromatic amines is 1. The average molecular weight is 448 g/mol. The number of hydrogen-bond acceptors (Lipinski definition) is 4. The maximum atomic E-state index is 12.7. The van der Waals surface area contributed by atoms with Crippen molar-refractivity contribution in [2.24, 2.45) is 5.92 Å². The van der Waals surface area contributed by atoms with E-state index in [1.165, 1.54) is 0 Å². The highest BCUT2D eigenvalue weighted by Gasteiger charge is 2.24. The molecule has 0 unspecified atom stereocenters. The molecule has 7 heteroatoms. The van der Waals surface area contributed by atoms with Gasteiger partial charge in [-0.25, -0.2) is 0 Å². The number of piperidine rings is 1. The minimum absolute atomic E-state index is 0.0410. The summed E-state index contributed by atoms with van der Waals surface area (Å²) in [6.07, 6.45) is 10.5. The van der Waals surface area contributed by atoms with Crippen LogP contribution in [0.1, 0.15) is 78.4 Å². The van der Waals surface area contributed by atoms with Crippen LogP contribution in [0.25, 0.3) is 10.9 Å². The van der Waals surface area contributed by atoms with E-state index in [4.69, 9.17) is 0 Å². The summed E-state index contributed by atoms with van der Waals surface area (Å²) < 4.78 is 0. The number of amides is 2. The number of likely N-dealkylation sites (tertiary alicyclic amines) is 1. The fraction of sp³-hybridized carbons (Fsp3) is 0.462. The van der Waals surface area contributed by atoms with Crippen molar-refractivity contribution in [2.45, 2.75) is 51.9 Å². The molecule has 3 aromatic rings. The van der Waals surface area contributed by atoms with E-state index in [0.717, 1.165) is 61.7 Å². The van der Waals surface area contributed by atoms with Gasteiger partial charge >= 0.3 is 0 Å². The van der Waals surface area contributed by atoms with Crippen LogP contribution in [0.2, 0.25) is 0 Å². The van der Waals surface area contributed by atoms with Crippen molar-refractivity contribution in [1.82, 2.24) is 25.2 Å². The zero-order valence-corrected chi connectivity index (χ0v) is 19.5. The Balaban J connectivity index is 1.13. The van der Waals surface area contributed by atoms with Gasteiger partial charge in [0.25, 0.3) is 11.8 Å². The van der Waals surface area contributed by atoms with Crippen LogP contribution in [0.4, 0.5) is 0 Å². The number of pyridine rings is 2. The summed E-state index contributed by atoms with van der Waals surface area (Å²) in [4.78, 5) is 38.6. The third-order valence-electron chi connectivity index (χ3n) is 6.56. The second kappa shape index (κ2) is 10.6. The Labute approximate surface area is 195 Å². The van der Waals surface area contributed by atoms with Gasteiger partial charge < -0.3 is 15.2 Å². The maximum Gasteiger partial charge on any atom is 0.272 e. The predicted octanol–water partition coefficient (Wildman–Crippen LogP) is 4.53. The highest BCUT2D eigenvalue weighted by Crippen LogP contribution is 2.24. The summed E-state index contributed by atoms with van der Waals surface area (Å²) in [7, 11) is 0. The van der Waals surface area contributed by atoms with Crippen molar-refractivity contribution in [1.29, 1.82) is 0 Å². The van der Waals surface area contributed by atoms with E-state index in [1.807, 2.05) is 35.4 Å². The largest absolute Gasteiger partial charge is 0.351 e. The molecule has 3 aromatic heterocycles. The molecule has 0 aliphatic carbocycles. The summed E-state index contributed by atoms with van der Waals surface area (Å²) in [5.41, 5.74) is 3.19. The highest BCUT2D eigenvalue weighted by molar-refractivity contribution is 5.97. The Morgan fingerprint density at radius 2 is 1.97 bits per heavy atom. The number of nitrogens with zero attached hydrogens (tertiary/aromatic N) is 3. The van der Waals surface area contributed by atoms with Crippen molar-refractivity contribution < 1.29 is 9.59 Å². The molecule has 174 valence electrons. The van der Waals surface area contributed by atoms with E-state index in [2.05, 4.69) is 34.1 Å². The second-order valence-electron chi connectivity index (χ2n) is 9.26. The van der Waals surface area contributed by atoms with Crippen molar-refractivity contribution in [3.05, 3.63) is 59.8 Å². The van der Waals surface area contributed by atoms with Crippen LogP contribution >= 0.6 is 0 Å². The van der Waals surface area contributed by atoms with Crippen molar-refractivity contribution in [2.75, 3.05) is 19.6 Å². The smallest absolute Gasteiger partial charge is 0.272 e. The first-order chi connectivity index (χ1) is 16.0. The first kappa shape index (κ1) is 23.0. The molecule has 0 saturated carbocycles. The first-order valence-electron chi connectivity index (χ1n) is 12.0. The van der Waals surface area contributed by atoms with Gasteiger partial charge in [-0.05, 0) is 54.9 Å². The lowest BCUT2D eigenvalue weighted by Crippen LogP contribution is -2.38. The molecule has 7 nitrogen and oxygen atoms in total. The molecule has 1 fully saturated rings. The molecule has 2 amide bonds. The van der Waals surface area contributed by atoms with Gasteiger partial charge in [-0.2, -0.15) is 0 Å². The van der Waals surface area contributed by atoms with Gasteiger partial charge in [-0.3, -0.25) is 19.6 Å². The fourth-order valence-electron chi connectivity index (χ4n) is 4.41. The minimum Gasteiger partial charge on any atom is -0.351 e. The second-order valence-corrected chi connectivity index (χ2v) is 9.26. The summed E-state index contributed by atoms with van der Waals surface area (Å²) >= 11 is 0. The molecule has 0 aromatic carbocycles. The monoisotopic (exact) mass is 447 g/mol. The van der Waals surface area contributed by atoms with E-state index in [9.17, 15) is 9.59 Å². The molecule has 4 rings (SSSR count). The summed E-state index contributed by atoms with van der Waals surface area (Å²) in [5, 5.41) is 3.94. The molecular formula is C26H33N5O2. The van der Waals surface area contributed by atoms with Crippen LogP contribution in [-0.4, -0.2) is 51.3 Å². The van der Waals surface area contributed by atoms with Gasteiger partial charge in [0, 0.05) is 49.1 Å². The summed E-state index contributed by atoms with van der Waals surface area (Å²) in [6, 6.07) is 7.56. The Morgan fingerprint density at radius 1 is 1.15 bits per heavy atom. The molecule has 4 heterocycles. The van der Waals surface area contributed by atoms with Crippen molar-refractivity contribution in [3.8, 4) is 0 Å². The lowest BCUT2D eigenvalue weighted by Gasteiger charge is -2.32. The molecule has 1 saturated heterocycles. The van der Waals surface area contributed by atoms with Crippen LogP contribution in [0.5, 0.6) is 0 Å².